The van der Waals surface area contributed by atoms with Crippen LogP contribution in [0.2, 0.25) is 5.02 Å². The van der Waals surface area contributed by atoms with Gasteiger partial charge in [-0.3, -0.25) is 0 Å². The predicted molar refractivity (Wildman–Crippen MR) is 75.4 cm³/mol. The molecule has 5 nitrogen and oxygen atoms in total. The molecule has 1 heterocycles. The number of carbonyl (C=O) groups excluding carboxylic acids is 1. The molecule has 0 amide bonds. The lowest BCUT2D eigenvalue weighted by Crippen LogP contribution is -2.24. The third-order valence-electron chi connectivity index (χ3n) is 2.64. The van der Waals surface area contributed by atoms with E-state index in [0.717, 1.165) is 12.1 Å². The number of carbonyl (C=O) groups is 2. The van der Waals surface area contributed by atoms with Crippen molar-refractivity contribution in [2.75, 3.05) is 0 Å². The van der Waals surface area contributed by atoms with Crippen molar-refractivity contribution in [3.8, 4) is 0 Å². The van der Waals surface area contributed by atoms with Crippen LogP contribution in [0.3, 0.4) is 0 Å². The number of hydrogen-bond donors (Lipinski definition) is 2. The van der Waals surface area contributed by atoms with Crippen molar-refractivity contribution in [1.82, 2.24) is 4.98 Å². The summed E-state index contributed by atoms with van der Waals surface area (Å²) >= 11 is 5.87. The Kier molecular flexibility index (Phi) is 3.67. The molecule has 0 fully saturated rings. The smallest absolute Gasteiger partial charge is 0.353 e. The van der Waals surface area contributed by atoms with E-state index < -0.39 is 23.4 Å². The fraction of sp³-hybridized carbons (Fsp3) is 0.286. The van der Waals surface area contributed by atoms with E-state index in [1.165, 1.54) is 0 Å². The Morgan fingerprint density at radius 1 is 1.33 bits per heavy atom. The molecule has 112 valence electrons. The second-order valence-electron chi connectivity index (χ2n) is 5.49. The molecule has 2 rings (SSSR count). The molecule has 2 aromatic rings. The number of esters is 1. The van der Waals surface area contributed by atoms with Crippen molar-refractivity contribution in [2.45, 2.75) is 26.4 Å². The third kappa shape index (κ3) is 3.00. The van der Waals surface area contributed by atoms with E-state index in [1.54, 1.807) is 20.8 Å². The molecule has 0 radical (unpaired) electrons. The first-order chi connectivity index (χ1) is 9.60. The highest BCUT2D eigenvalue weighted by molar-refractivity contribution is 6.36. The summed E-state index contributed by atoms with van der Waals surface area (Å²) < 4.78 is 18.7. The van der Waals surface area contributed by atoms with Gasteiger partial charge in [0, 0.05) is 5.39 Å². The van der Waals surface area contributed by atoms with Gasteiger partial charge in [-0.25, -0.2) is 14.0 Å². The molecular formula is C14H13ClFNO4. The van der Waals surface area contributed by atoms with Gasteiger partial charge >= 0.3 is 11.9 Å². The molecule has 21 heavy (non-hydrogen) atoms. The van der Waals surface area contributed by atoms with Crippen molar-refractivity contribution in [3.63, 3.8) is 0 Å². The summed E-state index contributed by atoms with van der Waals surface area (Å²) in [5.74, 6) is -2.88. The highest BCUT2D eigenvalue weighted by Crippen LogP contribution is 2.31. The fourth-order valence-corrected chi connectivity index (χ4v) is 2.17. The monoisotopic (exact) mass is 313 g/mol. The van der Waals surface area contributed by atoms with Crippen molar-refractivity contribution in [3.05, 3.63) is 34.2 Å². The van der Waals surface area contributed by atoms with Gasteiger partial charge in [-0.15, -0.1) is 0 Å². The van der Waals surface area contributed by atoms with Crippen LogP contribution in [-0.2, 0) is 4.74 Å². The average molecular weight is 314 g/mol. The Morgan fingerprint density at radius 2 is 1.95 bits per heavy atom. The lowest BCUT2D eigenvalue weighted by Gasteiger charge is -2.19. The van der Waals surface area contributed by atoms with Crippen LogP contribution in [0.25, 0.3) is 10.9 Å². The van der Waals surface area contributed by atoms with E-state index in [9.17, 15) is 19.1 Å². The zero-order valence-electron chi connectivity index (χ0n) is 11.6. The van der Waals surface area contributed by atoms with Crippen LogP contribution in [0.5, 0.6) is 0 Å². The van der Waals surface area contributed by atoms with Gasteiger partial charge in [0.2, 0.25) is 0 Å². The number of hydrogen-bond acceptors (Lipinski definition) is 3. The van der Waals surface area contributed by atoms with Crippen LogP contribution in [0, 0.1) is 5.82 Å². The molecule has 0 aliphatic heterocycles. The number of fused-ring (bicyclic) bond motifs is 1. The summed E-state index contributed by atoms with van der Waals surface area (Å²) in [5.41, 5.74) is -1.26. The summed E-state index contributed by atoms with van der Waals surface area (Å²) in [5, 5.41) is 9.26. The van der Waals surface area contributed by atoms with Crippen LogP contribution in [0.15, 0.2) is 12.1 Å². The Balaban J connectivity index is 2.72. The topological polar surface area (TPSA) is 79.4 Å². The van der Waals surface area contributed by atoms with Gasteiger partial charge < -0.3 is 14.8 Å². The van der Waals surface area contributed by atoms with E-state index >= 15 is 0 Å². The van der Waals surface area contributed by atoms with Gasteiger partial charge in [0.1, 0.15) is 22.7 Å². The van der Waals surface area contributed by atoms with Crippen LogP contribution >= 0.6 is 11.6 Å². The molecule has 0 aliphatic carbocycles. The molecule has 2 N–H and O–H groups in total. The maximum Gasteiger partial charge on any atom is 0.353 e. The summed E-state index contributed by atoms with van der Waals surface area (Å²) in [6, 6.07) is 2.08. The van der Waals surface area contributed by atoms with Crippen molar-refractivity contribution < 1.29 is 23.8 Å². The van der Waals surface area contributed by atoms with Crippen LogP contribution in [0.1, 0.15) is 41.6 Å². The Labute approximate surface area is 124 Å². The zero-order valence-corrected chi connectivity index (χ0v) is 12.3. The standard InChI is InChI=1S/C14H13ClFNO4/c1-14(2,3)21-13(20)9-7-4-6(16)5-8(15)10(7)17-11(9)12(18)19/h4-5,17H,1-3H3,(H,18,19). The second kappa shape index (κ2) is 5.04. The van der Waals surface area contributed by atoms with Crippen LogP contribution in [-0.4, -0.2) is 27.6 Å². The second-order valence-corrected chi connectivity index (χ2v) is 5.90. The zero-order chi connectivity index (χ0) is 15.9. The molecule has 0 spiro atoms. The minimum Gasteiger partial charge on any atom is -0.477 e. The normalized spacial score (nSPS) is 11.7. The van der Waals surface area contributed by atoms with E-state index in [4.69, 9.17) is 16.3 Å². The van der Waals surface area contributed by atoms with Gasteiger partial charge in [-0.2, -0.15) is 0 Å². The number of aromatic carboxylic acids is 1. The summed E-state index contributed by atoms with van der Waals surface area (Å²) in [6.45, 7) is 4.94. The molecule has 0 unspecified atom stereocenters. The summed E-state index contributed by atoms with van der Waals surface area (Å²) in [4.78, 5) is 26.0. The number of aromatic amines is 1. The number of halogens is 2. The van der Waals surface area contributed by atoms with Gasteiger partial charge in [0.05, 0.1) is 10.5 Å². The molecule has 0 saturated carbocycles. The highest BCUT2D eigenvalue weighted by Gasteiger charge is 2.28. The number of carboxylic acid groups (broad SMARTS) is 1. The molecule has 1 aromatic carbocycles. The molecular weight excluding hydrogens is 301 g/mol. The molecule has 0 bridgehead atoms. The third-order valence-corrected chi connectivity index (χ3v) is 2.94. The van der Waals surface area contributed by atoms with Crippen molar-refractivity contribution in [2.24, 2.45) is 0 Å². The summed E-state index contributed by atoms with van der Waals surface area (Å²) in [6.07, 6.45) is 0. The first-order valence-electron chi connectivity index (χ1n) is 6.07. The van der Waals surface area contributed by atoms with Gasteiger partial charge in [-0.1, -0.05) is 11.6 Å². The quantitative estimate of drug-likeness (QED) is 0.830. The summed E-state index contributed by atoms with van der Waals surface area (Å²) in [7, 11) is 0. The van der Waals surface area contributed by atoms with E-state index in [2.05, 4.69) is 4.98 Å². The number of carboxylic acids is 1. The van der Waals surface area contributed by atoms with Crippen molar-refractivity contribution >= 4 is 34.4 Å². The van der Waals surface area contributed by atoms with Gasteiger partial charge in [-0.05, 0) is 32.9 Å². The molecule has 0 atom stereocenters. The molecule has 1 aromatic heterocycles. The molecule has 0 aliphatic rings. The minimum absolute atomic E-state index is 0.0118. The number of rotatable bonds is 2. The Bertz CT molecular complexity index is 745. The lowest BCUT2D eigenvalue weighted by molar-refractivity contribution is 0.00682. The van der Waals surface area contributed by atoms with Crippen LogP contribution < -0.4 is 0 Å². The molecule has 7 heteroatoms. The SMILES string of the molecule is CC(C)(C)OC(=O)c1c(C(=O)O)[nH]c2c(Cl)cc(F)cc12. The molecule has 0 saturated heterocycles. The van der Waals surface area contributed by atoms with E-state index in [0.29, 0.717) is 0 Å². The van der Waals surface area contributed by atoms with Crippen LogP contribution in [0.4, 0.5) is 4.39 Å². The largest absolute Gasteiger partial charge is 0.477 e. The maximum atomic E-state index is 13.5. The fourth-order valence-electron chi connectivity index (χ4n) is 1.92. The highest BCUT2D eigenvalue weighted by atomic mass is 35.5. The van der Waals surface area contributed by atoms with E-state index in [1.807, 2.05) is 0 Å². The lowest BCUT2D eigenvalue weighted by atomic mass is 10.1. The average Bonchev–Trinajstić information content (AvgIpc) is 2.66. The number of ether oxygens (including phenoxy) is 1. The number of aromatic nitrogens is 1. The number of nitrogens with one attached hydrogen (secondary N) is 1. The minimum atomic E-state index is -1.36. The van der Waals surface area contributed by atoms with Gasteiger partial charge in [0.15, 0.2) is 0 Å². The van der Waals surface area contributed by atoms with Crippen molar-refractivity contribution in [1.29, 1.82) is 0 Å². The first kappa shape index (κ1) is 15.3. The number of H-pyrrole nitrogens is 1. The first-order valence-corrected chi connectivity index (χ1v) is 6.45. The Hall–Kier alpha value is -2.08. The number of benzene rings is 1. The van der Waals surface area contributed by atoms with E-state index in [-0.39, 0.29) is 27.2 Å². The Morgan fingerprint density at radius 3 is 2.48 bits per heavy atom. The maximum absolute atomic E-state index is 13.5. The predicted octanol–water partition coefficient (Wildman–Crippen LogP) is 3.61. The van der Waals surface area contributed by atoms with Gasteiger partial charge in [0.25, 0.3) is 0 Å².